The lowest BCUT2D eigenvalue weighted by Crippen LogP contribution is -2.07. The molecule has 6 nitrogen and oxygen atoms in total. The summed E-state index contributed by atoms with van der Waals surface area (Å²) >= 11 is 0. The Bertz CT molecular complexity index is 921. The van der Waals surface area contributed by atoms with Crippen molar-refractivity contribution in [1.82, 2.24) is 0 Å². The third kappa shape index (κ3) is 10.6. The van der Waals surface area contributed by atoms with Crippen LogP contribution >= 0.6 is 0 Å². The number of esters is 1. The number of hydrogen-bond donors (Lipinski definition) is 1. The number of aliphatic imine (C=N–C) groups is 1. The first-order valence-electron chi connectivity index (χ1n) is 12.0. The van der Waals surface area contributed by atoms with Crippen LogP contribution in [0.25, 0.3) is 0 Å². The van der Waals surface area contributed by atoms with E-state index in [4.69, 9.17) is 14.2 Å². The Hall–Kier alpha value is -3.28. The molecular weight excluding hydrogens is 430 g/mol. The average molecular weight is 468 g/mol. The lowest BCUT2D eigenvalue weighted by Gasteiger charge is -2.08. The molecule has 0 unspecified atom stereocenters. The molecule has 0 saturated heterocycles. The van der Waals surface area contributed by atoms with Crippen molar-refractivity contribution in [2.24, 2.45) is 4.99 Å². The Labute approximate surface area is 203 Å². The first-order valence-corrected chi connectivity index (χ1v) is 12.0. The zero-order chi connectivity index (χ0) is 24.6. The summed E-state index contributed by atoms with van der Waals surface area (Å²) in [4.78, 5) is 15.7. The van der Waals surface area contributed by atoms with Gasteiger partial charge in [0.1, 0.15) is 17.2 Å². The van der Waals surface area contributed by atoms with Gasteiger partial charge in [0.15, 0.2) is 0 Å². The van der Waals surface area contributed by atoms with Gasteiger partial charge in [0.25, 0.3) is 0 Å². The second-order valence-electron chi connectivity index (χ2n) is 8.21. The molecule has 0 aliphatic carbocycles. The SMILES string of the molecule is C=C(C)C(=O)OCCCCOc1ccc(C=Nc2ccc(OCCCCCCC)cc2)c(O)c1. The van der Waals surface area contributed by atoms with Crippen LogP contribution in [0.15, 0.2) is 59.6 Å². The van der Waals surface area contributed by atoms with E-state index in [1.807, 2.05) is 24.3 Å². The minimum Gasteiger partial charge on any atom is -0.507 e. The minimum absolute atomic E-state index is 0.0969. The Morgan fingerprint density at radius 1 is 0.912 bits per heavy atom. The molecule has 0 radical (unpaired) electrons. The van der Waals surface area contributed by atoms with Gasteiger partial charge in [-0.2, -0.15) is 0 Å². The molecular formula is C28H37NO5. The number of hydrogen-bond acceptors (Lipinski definition) is 6. The third-order valence-electron chi connectivity index (χ3n) is 5.10. The van der Waals surface area contributed by atoms with Crippen LogP contribution in [0.5, 0.6) is 17.2 Å². The van der Waals surface area contributed by atoms with Crippen LogP contribution in [0.4, 0.5) is 5.69 Å². The molecule has 0 aromatic heterocycles. The third-order valence-corrected chi connectivity index (χ3v) is 5.10. The predicted octanol–water partition coefficient (Wildman–Crippen LogP) is 6.77. The number of phenols is 1. The predicted molar refractivity (Wildman–Crippen MR) is 137 cm³/mol. The van der Waals surface area contributed by atoms with Gasteiger partial charge in [-0.25, -0.2) is 4.79 Å². The van der Waals surface area contributed by atoms with Crippen LogP contribution in [0.1, 0.15) is 64.4 Å². The molecule has 1 N–H and O–H groups in total. The molecule has 0 amide bonds. The van der Waals surface area contributed by atoms with Gasteiger partial charge in [0, 0.05) is 23.4 Å². The van der Waals surface area contributed by atoms with E-state index in [-0.39, 0.29) is 11.7 Å². The molecule has 2 aromatic carbocycles. The van der Waals surface area contributed by atoms with Crippen LogP contribution in [0.2, 0.25) is 0 Å². The highest BCUT2D eigenvalue weighted by molar-refractivity contribution is 5.87. The van der Waals surface area contributed by atoms with Crippen molar-refractivity contribution in [2.75, 3.05) is 19.8 Å². The number of aromatic hydroxyl groups is 1. The average Bonchev–Trinajstić information content (AvgIpc) is 2.83. The molecule has 0 fully saturated rings. The van der Waals surface area contributed by atoms with Gasteiger partial charge in [-0.15, -0.1) is 0 Å². The fraction of sp³-hybridized carbons (Fsp3) is 0.429. The first-order chi connectivity index (χ1) is 16.5. The molecule has 2 aromatic rings. The smallest absolute Gasteiger partial charge is 0.333 e. The van der Waals surface area contributed by atoms with Crippen molar-refractivity contribution in [1.29, 1.82) is 0 Å². The van der Waals surface area contributed by atoms with Gasteiger partial charge < -0.3 is 19.3 Å². The molecule has 6 heteroatoms. The van der Waals surface area contributed by atoms with Crippen LogP contribution < -0.4 is 9.47 Å². The van der Waals surface area contributed by atoms with Gasteiger partial charge in [-0.1, -0.05) is 39.2 Å². The maximum atomic E-state index is 11.3. The van der Waals surface area contributed by atoms with E-state index >= 15 is 0 Å². The number of unbranched alkanes of at least 4 members (excludes halogenated alkanes) is 5. The van der Waals surface area contributed by atoms with Crippen molar-refractivity contribution in [3.05, 3.63) is 60.2 Å². The quantitative estimate of drug-likeness (QED) is 0.128. The molecule has 0 saturated carbocycles. The van der Waals surface area contributed by atoms with E-state index in [0.29, 0.717) is 36.5 Å². The van der Waals surface area contributed by atoms with Crippen molar-refractivity contribution in [3.63, 3.8) is 0 Å². The lowest BCUT2D eigenvalue weighted by atomic mass is 10.2. The highest BCUT2D eigenvalue weighted by atomic mass is 16.5. The Morgan fingerprint density at radius 2 is 1.53 bits per heavy atom. The molecule has 0 heterocycles. The largest absolute Gasteiger partial charge is 0.507 e. The second kappa shape index (κ2) is 15.5. The van der Waals surface area contributed by atoms with E-state index < -0.39 is 0 Å². The Balaban J connectivity index is 1.72. The summed E-state index contributed by atoms with van der Waals surface area (Å²) in [7, 11) is 0. The molecule has 0 bridgehead atoms. The molecule has 0 aliphatic rings. The standard InChI is InChI=1S/C28H37NO5/c1-4-5-6-7-8-17-32-25-15-12-24(13-16-25)29-21-23-11-14-26(20-27(23)30)33-18-9-10-19-34-28(31)22(2)3/h11-16,20-21,30H,2,4-10,17-19H2,1,3H3. The zero-order valence-electron chi connectivity index (χ0n) is 20.4. The summed E-state index contributed by atoms with van der Waals surface area (Å²) in [6, 6.07) is 12.7. The maximum Gasteiger partial charge on any atom is 0.333 e. The Kier molecular flexibility index (Phi) is 12.3. The summed E-state index contributed by atoms with van der Waals surface area (Å²) in [6.07, 6.45) is 9.12. The highest BCUT2D eigenvalue weighted by Crippen LogP contribution is 2.24. The number of benzene rings is 2. The van der Waals surface area contributed by atoms with Crippen molar-refractivity contribution < 1.29 is 24.1 Å². The monoisotopic (exact) mass is 467 g/mol. The summed E-state index contributed by atoms with van der Waals surface area (Å²) in [5, 5.41) is 10.3. The van der Waals surface area contributed by atoms with Crippen LogP contribution in [-0.2, 0) is 9.53 Å². The molecule has 0 atom stereocenters. The van der Waals surface area contributed by atoms with Crippen LogP contribution in [-0.4, -0.2) is 37.1 Å². The summed E-state index contributed by atoms with van der Waals surface area (Å²) in [5.41, 5.74) is 1.78. The van der Waals surface area contributed by atoms with E-state index in [1.54, 1.807) is 31.3 Å². The van der Waals surface area contributed by atoms with Crippen LogP contribution in [0, 0.1) is 0 Å². The normalized spacial score (nSPS) is 10.9. The van der Waals surface area contributed by atoms with Gasteiger partial charge in [-0.3, -0.25) is 4.99 Å². The van der Waals surface area contributed by atoms with E-state index in [2.05, 4.69) is 18.5 Å². The minimum atomic E-state index is -0.375. The maximum absolute atomic E-state index is 11.3. The van der Waals surface area contributed by atoms with Crippen molar-refractivity contribution >= 4 is 17.9 Å². The van der Waals surface area contributed by atoms with Crippen molar-refractivity contribution in [2.45, 2.75) is 58.8 Å². The molecule has 0 spiro atoms. The second-order valence-corrected chi connectivity index (χ2v) is 8.21. The van der Waals surface area contributed by atoms with Crippen molar-refractivity contribution in [3.8, 4) is 17.2 Å². The highest BCUT2D eigenvalue weighted by Gasteiger charge is 2.04. The number of ether oxygens (including phenoxy) is 3. The number of nitrogens with zero attached hydrogens (tertiary/aromatic N) is 1. The van der Waals surface area contributed by atoms with Gasteiger partial charge in [-0.05, 0) is 62.6 Å². The van der Waals surface area contributed by atoms with Gasteiger partial charge in [0.2, 0.25) is 0 Å². The fourth-order valence-electron chi connectivity index (χ4n) is 3.07. The van der Waals surface area contributed by atoms with Gasteiger partial charge in [0.05, 0.1) is 25.5 Å². The molecule has 184 valence electrons. The first kappa shape index (κ1) is 27.0. The summed E-state index contributed by atoms with van der Waals surface area (Å²) in [5.74, 6) is 1.14. The van der Waals surface area contributed by atoms with Crippen LogP contribution in [0.3, 0.4) is 0 Å². The van der Waals surface area contributed by atoms with E-state index in [1.165, 1.54) is 25.7 Å². The molecule has 34 heavy (non-hydrogen) atoms. The number of carbonyl (C=O) groups is 1. The fourth-order valence-corrected chi connectivity index (χ4v) is 3.07. The molecule has 2 rings (SSSR count). The number of rotatable bonds is 16. The lowest BCUT2D eigenvalue weighted by molar-refractivity contribution is -0.139. The van der Waals surface area contributed by atoms with Gasteiger partial charge >= 0.3 is 5.97 Å². The summed E-state index contributed by atoms with van der Waals surface area (Å²) < 4.78 is 16.5. The topological polar surface area (TPSA) is 77.4 Å². The van der Waals surface area contributed by atoms with E-state index in [9.17, 15) is 9.90 Å². The number of carbonyl (C=O) groups excluding carboxylic acids is 1. The molecule has 0 aliphatic heterocycles. The number of phenolic OH excluding ortho intramolecular Hbond substituents is 1. The van der Waals surface area contributed by atoms with E-state index in [0.717, 1.165) is 30.9 Å². The summed E-state index contributed by atoms with van der Waals surface area (Å²) in [6.45, 7) is 8.90. The zero-order valence-corrected chi connectivity index (χ0v) is 20.4. The Morgan fingerprint density at radius 3 is 2.21 bits per heavy atom.